The van der Waals surface area contributed by atoms with Gasteiger partial charge in [-0.05, 0) is 48.0 Å². The Morgan fingerprint density at radius 2 is 1.71 bits per heavy atom. The van der Waals surface area contributed by atoms with Crippen molar-refractivity contribution in [3.8, 4) is 5.75 Å². The van der Waals surface area contributed by atoms with Gasteiger partial charge in [0.1, 0.15) is 16.4 Å². The van der Waals surface area contributed by atoms with E-state index in [0.717, 1.165) is 15.6 Å². The van der Waals surface area contributed by atoms with E-state index in [1.807, 2.05) is 24.3 Å². The molecule has 6 heteroatoms. The number of ether oxygens (including phenoxy) is 1. The molecule has 1 heterocycles. The van der Waals surface area contributed by atoms with E-state index < -0.39 is 5.97 Å². The molecule has 0 fully saturated rings. The molecule has 0 amide bonds. The lowest BCUT2D eigenvalue weighted by Gasteiger charge is -2.03. The summed E-state index contributed by atoms with van der Waals surface area (Å²) in [4.78, 5) is 17.0. The molecule has 3 aromatic carbocycles. The Morgan fingerprint density at radius 3 is 2.46 bits per heavy atom. The average molecular weight is 410 g/mol. The van der Waals surface area contributed by atoms with Crippen LogP contribution in [-0.2, 0) is 0 Å². The van der Waals surface area contributed by atoms with Gasteiger partial charge in [0.05, 0.1) is 10.7 Å². The van der Waals surface area contributed by atoms with Crippen molar-refractivity contribution in [2.45, 2.75) is 0 Å². The molecule has 0 aliphatic heterocycles. The van der Waals surface area contributed by atoms with E-state index in [1.54, 1.807) is 48.7 Å². The van der Waals surface area contributed by atoms with Gasteiger partial charge >= 0.3 is 5.97 Å². The first-order valence-corrected chi connectivity index (χ1v) is 9.59. The van der Waals surface area contributed by atoms with Crippen LogP contribution in [0.5, 0.6) is 5.75 Å². The molecule has 0 radical (unpaired) electrons. The third kappa shape index (κ3) is 3.81. The van der Waals surface area contributed by atoms with Crippen LogP contribution < -0.4 is 4.74 Å². The molecule has 0 saturated heterocycles. The molecule has 0 spiro atoms. The van der Waals surface area contributed by atoms with Crippen molar-refractivity contribution < 1.29 is 13.9 Å². The van der Waals surface area contributed by atoms with Gasteiger partial charge in [-0.2, -0.15) is 0 Å². The normalized spacial score (nSPS) is 11.2. The van der Waals surface area contributed by atoms with Crippen LogP contribution in [0.4, 0.5) is 10.1 Å². The maximum atomic E-state index is 13.6. The zero-order valence-corrected chi connectivity index (χ0v) is 16.0. The average Bonchev–Trinajstić information content (AvgIpc) is 3.05. The number of hydrogen-bond acceptors (Lipinski definition) is 4. The quantitative estimate of drug-likeness (QED) is 0.214. The van der Waals surface area contributed by atoms with E-state index in [1.165, 1.54) is 17.4 Å². The standard InChI is InChI=1S/C22H13ClFNO2S/c23-20-16-5-1-4-8-19(16)28-21(20)22(26)27-15-11-9-14(10-12-15)13-25-18-7-3-2-6-17(18)24/h1-13H. The van der Waals surface area contributed by atoms with Crippen LogP contribution in [0.2, 0.25) is 5.02 Å². The van der Waals surface area contributed by atoms with Crippen molar-refractivity contribution >= 4 is 50.9 Å². The number of rotatable bonds is 4. The van der Waals surface area contributed by atoms with Crippen LogP contribution in [0.1, 0.15) is 15.2 Å². The summed E-state index contributed by atoms with van der Waals surface area (Å²) in [5.74, 6) is -0.495. The molecule has 3 nitrogen and oxygen atoms in total. The van der Waals surface area contributed by atoms with Crippen molar-refractivity contribution in [2.24, 2.45) is 4.99 Å². The van der Waals surface area contributed by atoms with Crippen LogP contribution in [0.15, 0.2) is 77.8 Å². The van der Waals surface area contributed by atoms with Gasteiger partial charge in [-0.15, -0.1) is 11.3 Å². The lowest BCUT2D eigenvalue weighted by atomic mass is 10.2. The summed E-state index contributed by atoms with van der Waals surface area (Å²) >= 11 is 7.62. The monoisotopic (exact) mass is 409 g/mol. The number of esters is 1. The van der Waals surface area contributed by atoms with E-state index in [-0.39, 0.29) is 11.5 Å². The number of carbonyl (C=O) groups excluding carboxylic acids is 1. The fourth-order valence-electron chi connectivity index (χ4n) is 2.62. The molecule has 0 N–H and O–H groups in total. The number of carbonyl (C=O) groups is 1. The topological polar surface area (TPSA) is 38.7 Å². The van der Waals surface area contributed by atoms with Gasteiger partial charge in [-0.1, -0.05) is 41.9 Å². The smallest absolute Gasteiger partial charge is 0.355 e. The number of nitrogens with zero attached hydrogens (tertiary/aromatic N) is 1. The second kappa shape index (κ2) is 7.92. The number of hydrogen-bond donors (Lipinski definition) is 0. The highest BCUT2D eigenvalue weighted by Gasteiger charge is 2.18. The summed E-state index contributed by atoms with van der Waals surface area (Å²) in [6.07, 6.45) is 1.55. The Bertz CT molecular complexity index is 1180. The number of fused-ring (bicyclic) bond motifs is 1. The predicted octanol–water partition coefficient (Wildman–Crippen LogP) is 6.66. The molecule has 1 aromatic heterocycles. The highest BCUT2D eigenvalue weighted by Crippen LogP contribution is 2.35. The van der Waals surface area contributed by atoms with Crippen molar-refractivity contribution in [1.29, 1.82) is 0 Å². The van der Waals surface area contributed by atoms with Gasteiger partial charge < -0.3 is 4.74 Å². The molecule has 4 aromatic rings. The maximum Gasteiger partial charge on any atom is 0.355 e. The molecule has 0 unspecified atom stereocenters. The Hall–Kier alpha value is -3.02. The van der Waals surface area contributed by atoms with Crippen molar-refractivity contribution in [3.63, 3.8) is 0 Å². The molecule has 0 aliphatic carbocycles. The van der Waals surface area contributed by atoms with E-state index in [4.69, 9.17) is 16.3 Å². The van der Waals surface area contributed by atoms with Gasteiger partial charge in [0, 0.05) is 16.3 Å². The number of halogens is 2. The van der Waals surface area contributed by atoms with E-state index in [9.17, 15) is 9.18 Å². The van der Waals surface area contributed by atoms with E-state index in [2.05, 4.69) is 4.99 Å². The molecule has 4 rings (SSSR count). The lowest BCUT2D eigenvalue weighted by molar-refractivity contribution is 0.0740. The van der Waals surface area contributed by atoms with Gasteiger partial charge in [-0.3, -0.25) is 4.99 Å². The zero-order valence-electron chi connectivity index (χ0n) is 14.4. The summed E-state index contributed by atoms with van der Waals surface area (Å²) in [5.41, 5.74) is 1.01. The molecule has 0 aliphatic rings. The summed E-state index contributed by atoms with van der Waals surface area (Å²) in [6.45, 7) is 0. The largest absolute Gasteiger partial charge is 0.422 e. The molecule has 0 saturated carbocycles. The van der Waals surface area contributed by atoms with Gasteiger partial charge in [0.25, 0.3) is 0 Å². The molecular weight excluding hydrogens is 397 g/mol. The van der Waals surface area contributed by atoms with Crippen LogP contribution in [0.25, 0.3) is 10.1 Å². The summed E-state index contributed by atoms with van der Waals surface area (Å²) in [5, 5.41) is 1.24. The second-order valence-corrected chi connectivity index (χ2v) is 7.34. The van der Waals surface area contributed by atoms with Crippen molar-refractivity contribution in [1.82, 2.24) is 0 Å². The first-order valence-electron chi connectivity index (χ1n) is 8.40. The highest BCUT2D eigenvalue weighted by molar-refractivity contribution is 7.21. The first-order chi connectivity index (χ1) is 13.6. The Balaban J connectivity index is 1.49. The number of aliphatic imine (C=N–C) groups is 1. The molecule has 28 heavy (non-hydrogen) atoms. The van der Waals surface area contributed by atoms with Gasteiger partial charge in [-0.25, -0.2) is 9.18 Å². The van der Waals surface area contributed by atoms with Crippen molar-refractivity contribution in [3.05, 3.63) is 94.1 Å². The van der Waals surface area contributed by atoms with Crippen LogP contribution in [0.3, 0.4) is 0 Å². The van der Waals surface area contributed by atoms with Gasteiger partial charge in [0.2, 0.25) is 0 Å². The molecule has 0 bridgehead atoms. The van der Waals surface area contributed by atoms with Crippen LogP contribution in [0, 0.1) is 5.82 Å². The Kier molecular flexibility index (Phi) is 5.19. The second-order valence-electron chi connectivity index (χ2n) is 5.91. The summed E-state index contributed by atoms with van der Waals surface area (Å²) < 4.78 is 19.9. The first kappa shape index (κ1) is 18.3. The number of benzene rings is 3. The molecule has 0 atom stereocenters. The lowest BCUT2D eigenvalue weighted by Crippen LogP contribution is -2.06. The van der Waals surface area contributed by atoms with Gasteiger partial charge in [0.15, 0.2) is 0 Å². The minimum Gasteiger partial charge on any atom is -0.422 e. The van der Waals surface area contributed by atoms with Crippen LogP contribution in [-0.4, -0.2) is 12.2 Å². The molecule has 138 valence electrons. The summed E-state index contributed by atoms with van der Waals surface area (Å²) in [7, 11) is 0. The maximum absolute atomic E-state index is 13.6. The third-order valence-electron chi connectivity index (χ3n) is 4.02. The Morgan fingerprint density at radius 1 is 1.00 bits per heavy atom. The predicted molar refractivity (Wildman–Crippen MR) is 112 cm³/mol. The minimum absolute atomic E-state index is 0.261. The highest BCUT2D eigenvalue weighted by atomic mass is 35.5. The Labute approximate surface area is 169 Å². The fourth-order valence-corrected chi connectivity index (χ4v) is 4.01. The zero-order chi connectivity index (χ0) is 19.5. The minimum atomic E-state index is -0.501. The van der Waals surface area contributed by atoms with E-state index in [0.29, 0.717) is 15.6 Å². The van der Waals surface area contributed by atoms with Crippen LogP contribution >= 0.6 is 22.9 Å². The number of thiophene rings is 1. The number of para-hydroxylation sites is 1. The van der Waals surface area contributed by atoms with Crippen molar-refractivity contribution in [2.75, 3.05) is 0 Å². The fraction of sp³-hybridized carbons (Fsp3) is 0. The van der Waals surface area contributed by atoms with E-state index >= 15 is 0 Å². The third-order valence-corrected chi connectivity index (χ3v) is 5.67. The SMILES string of the molecule is O=C(Oc1ccc(C=Nc2ccccc2F)cc1)c1sc2ccccc2c1Cl. The molecular formula is C22H13ClFNO2S. The summed E-state index contributed by atoms with van der Waals surface area (Å²) in [6, 6.07) is 20.6.